The van der Waals surface area contributed by atoms with E-state index in [0.29, 0.717) is 0 Å². The molecule has 0 fully saturated rings. The predicted molar refractivity (Wildman–Crippen MR) is 60.1 cm³/mol. The summed E-state index contributed by atoms with van der Waals surface area (Å²) in [6.45, 7) is 10.0. The van der Waals surface area contributed by atoms with Crippen LogP contribution in [0, 0.1) is 13.8 Å². The van der Waals surface area contributed by atoms with E-state index >= 15 is 0 Å². The molecule has 1 aromatic heterocycles. The SMILES string of the molecule is C=CCC(C)(N)c1cc(C)sc1C. The van der Waals surface area contributed by atoms with Crippen LogP contribution in [0.15, 0.2) is 18.7 Å². The summed E-state index contributed by atoms with van der Waals surface area (Å²) in [5.74, 6) is 0. The fourth-order valence-electron chi connectivity index (χ4n) is 1.61. The first-order valence-corrected chi connectivity index (χ1v) is 5.26. The van der Waals surface area contributed by atoms with E-state index in [2.05, 4.69) is 33.4 Å². The van der Waals surface area contributed by atoms with Crippen LogP contribution in [0.4, 0.5) is 0 Å². The van der Waals surface area contributed by atoms with Gasteiger partial charge in [-0.1, -0.05) is 6.08 Å². The van der Waals surface area contributed by atoms with Crippen molar-refractivity contribution >= 4 is 11.3 Å². The zero-order valence-electron chi connectivity index (χ0n) is 8.55. The maximum Gasteiger partial charge on any atom is 0.0426 e. The Hall–Kier alpha value is -0.600. The second kappa shape index (κ2) is 3.64. The highest BCUT2D eigenvalue weighted by Gasteiger charge is 2.22. The lowest BCUT2D eigenvalue weighted by atomic mass is 9.90. The van der Waals surface area contributed by atoms with Crippen LogP contribution in [0.25, 0.3) is 0 Å². The van der Waals surface area contributed by atoms with Gasteiger partial charge >= 0.3 is 0 Å². The van der Waals surface area contributed by atoms with Crippen LogP contribution >= 0.6 is 11.3 Å². The molecule has 0 amide bonds. The van der Waals surface area contributed by atoms with E-state index in [9.17, 15) is 0 Å². The zero-order chi connectivity index (χ0) is 10.1. The van der Waals surface area contributed by atoms with Gasteiger partial charge in [0.15, 0.2) is 0 Å². The lowest BCUT2D eigenvalue weighted by Gasteiger charge is -2.23. The maximum atomic E-state index is 6.20. The van der Waals surface area contributed by atoms with Crippen LogP contribution in [0.1, 0.15) is 28.7 Å². The molecule has 1 atom stereocenters. The van der Waals surface area contributed by atoms with Crippen LogP contribution in [0.3, 0.4) is 0 Å². The number of nitrogens with two attached hydrogens (primary N) is 1. The van der Waals surface area contributed by atoms with E-state index in [-0.39, 0.29) is 5.54 Å². The minimum absolute atomic E-state index is 0.253. The fraction of sp³-hybridized carbons (Fsp3) is 0.455. The number of hydrogen-bond donors (Lipinski definition) is 1. The molecule has 0 aliphatic heterocycles. The molecule has 0 bridgehead atoms. The molecule has 1 aromatic rings. The van der Waals surface area contributed by atoms with Gasteiger partial charge in [-0.05, 0) is 38.8 Å². The van der Waals surface area contributed by atoms with Crippen LogP contribution in [-0.2, 0) is 5.54 Å². The van der Waals surface area contributed by atoms with E-state index in [4.69, 9.17) is 5.73 Å². The predicted octanol–water partition coefficient (Wildman–Crippen LogP) is 3.11. The molecule has 0 saturated heterocycles. The third-order valence-electron chi connectivity index (χ3n) is 2.22. The normalized spacial score (nSPS) is 15.4. The molecule has 1 rings (SSSR count). The van der Waals surface area contributed by atoms with Crippen molar-refractivity contribution < 1.29 is 0 Å². The summed E-state index contributed by atoms with van der Waals surface area (Å²) >= 11 is 1.81. The summed E-state index contributed by atoms with van der Waals surface area (Å²) < 4.78 is 0. The summed E-state index contributed by atoms with van der Waals surface area (Å²) in [4.78, 5) is 2.65. The summed E-state index contributed by atoms with van der Waals surface area (Å²) in [5, 5.41) is 0. The summed E-state index contributed by atoms with van der Waals surface area (Å²) in [6.07, 6.45) is 2.70. The van der Waals surface area contributed by atoms with Crippen molar-refractivity contribution in [1.82, 2.24) is 0 Å². The molecule has 72 valence electrons. The first-order chi connectivity index (χ1) is 5.97. The van der Waals surface area contributed by atoms with Crippen LogP contribution in [-0.4, -0.2) is 0 Å². The lowest BCUT2D eigenvalue weighted by molar-refractivity contribution is 0.502. The van der Waals surface area contributed by atoms with Crippen molar-refractivity contribution in [2.24, 2.45) is 5.73 Å². The number of hydrogen-bond acceptors (Lipinski definition) is 2. The lowest BCUT2D eigenvalue weighted by Crippen LogP contribution is -2.32. The summed E-state index contributed by atoms with van der Waals surface area (Å²) in [6, 6.07) is 2.18. The Morgan fingerprint density at radius 3 is 2.62 bits per heavy atom. The third kappa shape index (κ3) is 2.20. The highest BCUT2D eigenvalue weighted by Crippen LogP contribution is 2.30. The minimum Gasteiger partial charge on any atom is -0.321 e. The quantitative estimate of drug-likeness (QED) is 0.737. The maximum absolute atomic E-state index is 6.20. The van der Waals surface area contributed by atoms with Gasteiger partial charge in [0.25, 0.3) is 0 Å². The molecule has 0 spiro atoms. The largest absolute Gasteiger partial charge is 0.321 e. The molecule has 0 radical (unpaired) electrons. The van der Waals surface area contributed by atoms with Crippen LogP contribution in [0.2, 0.25) is 0 Å². The van der Waals surface area contributed by atoms with Gasteiger partial charge in [-0.2, -0.15) is 0 Å². The van der Waals surface area contributed by atoms with Crippen molar-refractivity contribution in [3.05, 3.63) is 34.0 Å². The van der Waals surface area contributed by atoms with E-state index in [1.54, 1.807) is 0 Å². The Kier molecular flexibility index (Phi) is 2.94. The Morgan fingerprint density at radius 1 is 1.62 bits per heavy atom. The molecule has 0 aromatic carbocycles. The molecule has 0 aliphatic carbocycles. The molecule has 1 unspecified atom stereocenters. The van der Waals surface area contributed by atoms with Crippen LogP contribution in [0.5, 0.6) is 0 Å². The second-order valence-electron chi connectivity index (χ2n) is 3.74. The van der Waals surface area contributed by atoms with E-state index in [0.717, 1.165) is 6.42 Å². The number of rotatable bonds is 3. The number of thiophene rings is 1. The Bertz CT molecular complexity index is 310. The van der Waals surface area contributed by atoms with Crippen LogP contribution < -0.4 is 5.73 Å². The average molecular weight is 195 g/mol. The fourth-order valence-corrected chi connectivity index (χ4v) is 2.67. The summed E-state index contributed by atoms with van der Waals surface area (Å²) in [7, 11) is 0. The molecule has 1 heterocycles. The summed E-state index contributed by atoms with van der Waals surface area (Å²) in [5.41, 5.74) is 7.20. The van der Waals surface area contributed by atoms with Crippen molar-refractivity contribution in [2.45, 2.75) is 32.7 Å². The zero-order valence-corrected chi connectivity index (χ0v) is 9.37. The van der Waals surface area contributed by atoms with E-state index in [1.165, 1.54) is 15.3 Å². The van der Waals surface area contributed by atoms with Gasteiger partial charge in [0, 0.05) is 15.3 Å². The molecular formula is C11H17NS. The van der Waals surface area contributed by atoms with Crippen molar-refractivity contribution in [2.75, 3.05) is 0 Å². The standard InChI is InChI=1S/C11H17NS/c1-5-6-11(4,12)10-7-8(2)13-9(10)3/h5,7H,1,6,12H2,2-4H3. The molecule has 0 aliphatic rings. The highest BCUT2D eigenvalue weighted by atomic mass is 32.1. The smallest absolute Gasteiger partial charge is 0.0426 e. The second-order valence-corrected chi connectivity index (χ2v) is 5.20. The Labute approximate surface area is 84.3 Å². The molecule has 1 nitrogen and oxygen atoms in total. The van der Waals surface area contributed by atoms with Gasteiger partial charge in [-0.15, -0.1) is 17.9 Å². The topological polar surface area (TPSA) is 26.0 Å². The van der Waals surface area contributed by atoms with Gasteiger partial charge < -0.3 is 5.73 Å². The molecule has 0 saturated carbocycles. The number of aryl methyl sites for hydroxylation is 2. The first-order valence-electron chi connectivity index (χ1n) is 4.44. The molecule has 13 heavy (non-hydrogen) atoms. The van der Waals surface area contributed by atoms with Crippen molar-refractivity contribution in [3.63, 3.8) is 0 Å². The third-order valence-corrected chi connectivity index (χ3v) is 3.19. The van der Waals surface area contributed by atoms with Gasteiger partial charge in [0.1, 0.15) is 0 Å². The Balaban J connectivity index is 3.05. The van der Waals surface area contributed by atoms with Gasteiger partial charge in [-0.25, -0.2) is 0 Å². The first kappa shape index (κ1) is 10.5. The van der Waals surface area contributed by atoms with Gasteiger partial charge in [-0.3, -0.25) is 0 Å². The van der Waals surface area contributed by atoms with E-state index in [1.807, 2.05) is 17.4 Å². The monoisotopic (exact) mass is 195 g/mol. The highest BCUT2D eigenvalue weighted by molar-refractivity contribution is 7.12. The van der Waals surface area contributed by atoms with E-state index < -0.39 is 0 Å². The molecule has 2 heteroatoms. The average Bonchev–Trinajstić information content (AvgIpc) is 2.30. The Morgan fingerprint density at radius 2 is 2.23 bits per heavy atom. The molecular weight excluding hydrogens is 178 g/mol. The van der Waals surface area contributed by atoms with Crippen molar-refractivity contribution in [3.8, 4) is 0 Å². The molecule has 2 N–H and O–H groups in total. The van der Waals surface area contributed by atoms with Gasteiger partial charge in [0.2, 0.25) is 0 Å². The van der Waals surface area contributed by atoms with Gasteiger partial charge in [0.05, 0.1) is 0 Å². The minimum atomic E-state index is -0.253. The van der Waals surface area contributed by atoms with Crippen molar-refractivity contribution in [1.29, 1.82) is 0 Å².